The molecule has 1 rings (SSSR count). The number of halogens is 2. The second-order valence-corrected chi connectivity index (χ2v) is 5.23. The molecule has 6 heteroatoms. The molecule has 0 fully saturated rings. The molecule has 0 radical (unpaired) electrons. The van der Waals surface area contributed by atoms with Crippen molar-refractivity contribution in [2.75, 3.05) is 6.54 Å². The molecule has 0 saturated carbocycles. The minimum Gasteiger partial charge on any atom is -0.409 e. The number of oxime groups is 1. The van der Waals surface area contributed by atoms with Crippen LogP contribution in [0.1, 0.15) is 37.8 Å². The monoisotopic (exact) mass is 303 g/mol. The summed E-state index contributed by atoms with van der Waals surface area (Å²) in [6.45, 7) is 2.90. The molecule has 106 valence electrons. The van der Waals surface area contributed by atoms with Crippen LogP contribution in [-0.4, -0.2) is 17.6 Å². The maximum atomic E-state index is 8.40. The van der Waals surface area contributed by atoms with Crippen LogP contribution in [0, 0.1) is 0 Å². The Morgan fingerprint density at radius 1 is 1.42 bits per heavy atom. The van der Waals surface area contributed by atoms with Gasteiger partial charge in [-0.05, 0) is 44.0 Å². The smallest absolute Gasteiger partial charge is 0.139 e. The van der Waals surface area contributed by atoms with E-state index in [1.807, 2.05) is 12.1 Å². The summed E-state index contributed by atoms with van der Waals surface area (Å²) in [5.74, 6) is 0.272. The van der Waals surface area contributed by atoms with Crippen molar-refractivity contribution in [3.8, 4) is 0 Å². The maximum Gasteiger partial charge on any atom is 0.139 e. The summed E-state index contributed by atoms with van der Waals surface area (Å²) >= 11 is 12.0. The van der Waals surface area contributed by atoms with Crippen molar-refractivity contribution in [1.82, 2.24) is 5.32 Å². The van der Waals surface area contributed by atoms with Crippen LogP contribution >= 0.6 is 23.2 Å². The van der Waals surface area contributed by atoms with Crippen LogP contribution in [0.3, 0.4) is 0 Å². The van der Waals surface area contributed by atoms with Crippen LogP contribution in [0.4, 0.5) is 0 Å². The second-order valence-electron chi connectivity index (χ2n) is 4.39. The zero-order valence-electron chi connectivity index (χ0n) is 10.9. The van der Waals surface area contributed by atoms with Gasteiger partial charge in [0.05, 0.1) is 0 Å². The van der Waals surface area contributed by atoms with E-state index >= 15 is 0 Å². The van der Waals surface area contributed by atoms with Crippen molar-refractivity contribution in [3.63, 3.8) is 0 Å². The average Bonchev–Trinajstić information content (AvgIpc) is 2.37. The number of benzene rings is 1. The molecule has 19 heavy (non-hydrogen) atoms. The fourth-order valence-corrected chi connectivity index (χ4v) is 2.33. The fourth-order valence-electron chi connectivity index (χ4n) is 1.76. The van der Waals surface area contributed by atoms with Crippen LogP contribution < -0.4 is 11.1 Å². The standard InChI is InChI=1S/C13H19Cl2N3O/c1-9(11-6-5-10(14)8-12(11)15)17-7-3-2-4-13(16)18-19/h5-6,8-9,17,19H,2-4,7H2,1H3,(H2,16,18). The number of rotatable bonds is 7. The van der Waals surface area contributed by atoms with E-state index in [1.165, 1.54) is 0 Å². The third kappa shape index (κ3) is 5.68. The predicted molar refractivity (Wildman–Crippen MR) is 80.1 cm³/mol. The average molecular weight is 304 g/mol. The molecular weight excluding hydrogens is 285 g/mol. The van der Waals surface area contributed by atoms with Crippen molar-refractivity contribution in [2.45, 2.75) is 32.2 Å². The lowest BCUT2D eigenvalue weighted by Crippen LogP contribution is -2.20. The van der Waals surface area contributed by atoms with Crippen LogP contribution in [0.15, 0.2) is 23.4 Å². The Hall–Kier alpha value is -0.970. The lowest BCUT2D eigenvalue weighted by molar-refractivity contribution is 0.316. The topological polar surface area (TPSA) is 70.6 Å². The summed E-state index contributed by atoms with van der Waals surface area (Å²) in [5.41, 5.74) is 6.42. The van der Waals surface area contributed by atoms with Gasteiger partial charge in [-0.2, -0.15) is 0 Å². The van der Waals surface area contributed by atoms with E-state index in [9.17, 15) is 0 Å². The first-order valence-corrected chi connectivity index (χ1v) is 6.95. The zero-order chi connectivity index (χ0) is 14.3. The lowest BCUT2D eigenvalue weighted by atomic mass is 10.1. The highest BCUT2D eigenvalue weighted by atomic mass is 35.5. The highest BCUT2D eigenvalue weighted by Gasteiger charge is 2.09. The molecule has 0 aliphatic rings. The van der Waals surface area contributed by atoms with Gasteiger partial charge in [-0.3, -0.25) is 0 Å². The molecule has 1 atom stereocenters. The Morgan fingerprint density at radius 3 is 2.79 bits per heavy atom. The Morgan fingerprint density at radius 2 is 2.16 bits per heavy atom. The van der Waals surface area contributed by atoms with E-state index < -0.39 is 0 Å². The van der Waals surface area contributed by atoms with Crippen molar-refractivity contribution in [3.05, 3.63) is 33.8 Å². The minimum absolute atomic E-state index is 0.161. The molecule has 1 aromatic rings. The van der Waals surface area contributed by atoms with Crippen molar-refractivity contribution in [1.29, 1.82) is 0 Å². The fraction of sp³-hybridized carbons (Fsp3) is 0.462. The number of unbranched alkanes of at least 4 members (excludes halogenated alkanes) is 1. The normalized spacial score (nSPS) is 13.5. The Bertz CT molecular complexity index is 438. The van der Waals surface area contributed by atoms with Crippen LogP contribution in [0.2, 0.25) is 10.0 Å². The van der Waals surface area contributed by atoms with Gasteiger partial charge in [0.1, 0.15) is 5.84 Å². The Kier molecular flexibility index (Phi) is 6.99. The van der Waals surface area contributed by atoms with Crippen LogP contribution in [0.5, 0.6) is 0 Å². The third-order valence-corrected chi connectivity index (χ3v) is 3.43. The molecular formula is C13H19Cl2N3O. The van der Waals surface area contributed by atoms with Crippen molar-refractivity contribution >= 4 is 29.0 Å². The summed E-state index contributed by atoms with van der Waals surface area (Å²) in [7, 11) is 0. The molecule has 1 unspecified atom stereocenters. The van der Waals surface area contributed by atoms with Gasteiger partial charge in [-0.1, -0.05) is 34.4 Å². The maximum absolute atomic E-state index is 8.40. The van der Waals surface area contributed by atoms with Gasteiger partial charge in [-0.15, -0.1) is 0 Å². The first-order chi connectivity index (χ1) is 9.04. The molecule has 0 aliphatic carbocycles. The largest absolute Gasteiger partial charge is 0.409 e. The van der Waals surface area contributed by atoms with Crippen LogP contribution in [-0.2, 0) is 0 Å². The number of nitrogens with one attached hydrogen (secondary N) is 1. The summed E-state index contributed by atoms with van der Waals surface area (Å²) in [5, 5.41) is 16.0. The number of hydrogen-bond acceptors (Lipinski definition) is 3. The molecule has 0 saturated heterocycles. The van der Waals surface area contributed by atoms with Gasteiger partial charge in [0.15, 0.2) is 0 Å². The quantitative estimate of drug-likeness (QED) is 0.237. The van der Waals surface area contributed by atoms with Crippen molar-refractivity contribution < 1.29 is 5.21 Å². The number of hydrogen-bond donors (Lipinski definition) is 3. The molecule has 0 heterocycles. The SMILES string of the molecule is CC(NCCCCC(N)=NO)c1ccc(Cl)cc1Cl. The van der Waals surface area contributed by atoms with Gasteiger partial charge in [0.2, 0.25) is 0 Å². The van der Waals surface area contributed by atoms with E-state index in [2.05, 4.69) is 17.4 Å². The summed E-state index contributed by atoms with van der Waals surface area (Å²) in [4.78, 5) is 0. The summed E-state index contributed by atoms with van der Waals surface area (Å²) in [6.07, 6.45) is 2.43. The summed E-state index contributed by atoms with van der Waals surface area (Å²) in [6, 6.07) is 5.67. The minimum atomic E-state index is 0.161. The van der Waals surface area contributed by atoms with Gasteiger partial charge in [0.25, 0.3) is 0 Å². The first kappa shape index (κ1) is 16.1. The van der Waals surface area contributed by atoms with E-state index in [4.69, 9.17) is 34.1 Å². The molecule has 0 aliphatic heterocycles. The molecule has 0 spiro atoms. The number of amidine groups is 1. The highest BCUT2D eigenvalue weighted by Crippen LogP contribution is 2.25. The number of nitrogens with zero attached hydrogens (tertiary/aromatic N) is 1. The highest BCUT2D eigenvalue weighted by molar-refractivity contribution is 6.35. The van der Waals surface area contributed by atoms with E-state index in [1.54, 1.807) is 6.07 Å². The van der Waals surface area contributed by atoms with Crippen molar-refractivity contribution in [2.24, 2.45) is 10.9 Å². The van der Waals surface area contributed by atoms with Gasteiger partial charge in [0, 0.05) is 22.5 Å². The molecule has 4 nitrogen and oxygen atoms in total. The predicted octanol–water partition coefficient (Wildman–Crippen LogP) is 3.56. The Balaban J connectivity index is 2.33. The van der Waals surface area contributed by atoms with E-state index in [0.717, 1.165) is 24.9 Å². The summed E-state index contributed by atoms with van der Waals surface area (Å²) < 4.78 is 0. The van der Waals surface area contributed by atoms with Gasteiger partial charge in [-0.25, -0.2) is 0 Å². The lowest BCUT2D eigenvalue weighted by Gasteiger charge is -2.15. The molecule has 0 amide bonds. The third-order valence-electron chi connectivity index (χ3n) is 2.87. The molecule has 0 aromatic heterocycles. The molecule has 4 N–H and O–H groups in total. The van der Waals surface area contributed by atoms with Crippen LogP contribution in [0.25, 0.3) is 0 Å². The second kappa shape index (κ2) is 8.25. The molecule has 0 bridgehead atoms. The first-order valence-electron chi connectivity index (χ1n) is 6.19. The zero-order valence-corrected chi connectivity index (χ0v) is 12.4. The van der Waals surface area contributed by atoms with E-state index in [-0.39, 0.29) is 11.9 Å². The van der Waals surface area contributed by atoms with E-state index in [0.29, 0.717) is 16.5 Å². The van der Waals surface area contributed by atoms with Gasteiger partial charge >= 0.3 is 0 Å². The molecule has 1 aromatic carbocycles. The Labute approximate surface area is 123 Å². The number of nitrogens with two attached hydrogens (primary N) is 1. The van der Waals surface area contributed by atoms with Gasteiger partial charge < -0.3 is 16.3 Å².